The van der Waals surface area contributed by atoms with E-state index < -0.39 is 11.6 Å². The van der Waals surface area contributed by atoms with Crippen LogP contribution >= 0.6 is 0 Å². The summed E-state index contributed by atoms with van der Waals surface area (Å²) in [5, 5.41) is 22.4. The van der Waals surface area contributed by atoms with E-state index in [1.807, 2.05) is 32.3 Å². The highest BCUT2D eigenvalue weighted by Gasteiger charge is 2.43. The van der Waals surface area contributed by atoms with Crippen LogP contribution in [0.5, 0.6) is 11.5 Å². The fourth-order valence-electron chi connectivity index (χ4n) is 6.03. The summed E-state index contributed by atoms with van der Waals surface area (Å²) in [5.41, 5.74) is 2.98. The summed E-state index contributed by atoms with van der Waals surface area (Å²) in [6.07, 6.45) is 0.732. The lowest BCUT2D eigenvalue weighted by Crippen LogP contribution is -2.43. The molecule has 0 spiro atoms. The Hall–Kier alpha value is -4.27. The molecule has 0 bridgehead atoms. The predicted octanol–water partition coefficient (Wildman–Crippen LogP) is 4.70. The third-order valence-corrected chi connectivity index (χ3v) is 8.14. The van der Waals surface area contributed by atoms with Crippen molar-refractivity contribution in [3.05, 3.63) is 92.8 Å². The number of carbonyl (C=O) groups is 2. The number of ether oxygens (including phenoxy) is 1. The van der Waals surface area contributed by atoms with Gasteiger partial charge >= 0.3 is 5.97 Å². The molecule has 40 heavy (non-hydrogen) atoms. The summed E-state index contributed by atoms with van der Waals surface area (Å²) in [4.78, 5) is 39.5. The van der Waals surface area contributed by atoms with E-state index in [0.29, 0.717) is 42.1 Å². The van der Waals surface area contributed by atoms with Crippen LogP contribution in [0.15, 0.2) is 59.4 Å². The van der Waals surface area contributed by atoms with Crippen LogP contribution in [0.3, 0.4) is 0 Å². The molecule has 204 valence electrons. The molecule has 1 aliphatic carbocycles. The Bertz CT molecular complexity index is 1770. The van der Waals surface area contributed by atoms with Gasteiger partial charge in [-0.15, -0.1) is 0 Å². The number of carboxylic acids is 1. The van der Waals surface area contributed by atoms with Crippen LogP contribution in [0.1, 0.15) is 52.4 Å². The van der Waals surface area contributed by atoms with Gasteiger partial charge in [-0.05, 0) is 91.8 Å². The third-order valence-electron chi connectivity index (χ3n) is 8.14. The summed E-state index contributed by atoms with van der Waals surface area (Å²) in [6, 6.07) is 16.2. The lowest BCUT2D eigenvalue weighted by atomic mass is 9.76. The second-order valence-electron chi connectivity index (χ2n) is 10.9. The minimum absolute atomic E-state index is 0.144. The molecule has 0 radical (unpaired) electrons. The smallest absolute Gasteiger partial charge is 0.335 e. The highest BCUT2D eigenvalue weighted by Crippen LogP contribution is 2.42. The fraction of sp³-hybridized carbons (Fsp3) is 0.281. The van der Waals surface area contributed by atoms with Gasteiger partial charge in [-0.1, -0.05) is 13.0 Å². The number of aromatic nitrogens is 1. The zero-order valence-electron chi connectivity index (χ0n) is 22.7. The number of carboxylic acid groups (broad SMARTS) is 1. The van der Waals surface area contributed by atoms with Gasteiger partial charge in [-0.25, -0.2) is 4.79 Å². The maximum absolute atomic E-state index is 13.6. The third kappa shape index (κ3) is 4.03. The van der Waals surface area contributed by atoms with Gasteiger partial charge in [0.05, 0.1) is 17.8 Å². The molecule has 4 aromatic rings. The Kier molecular flexibility index (Phi) is 6.12. The average Bonchev–Trinajstić information content (AvgIpc) is 3.29. The summed E-state index contributed by atoms with van der Waals surface area (Å²) >= 11 is 0. The van der Waals surface area contributed by atoms with Gasteiger partial charge in [0.25, 0.3) is 5.56 Å². The van der Waals surface area contributed by atoms with Gasteiger partial charge < -0.3 is 24.4 Å². The Labute approximate surface area is 231 Å². The van der Waals surface area contributed by atoms with Gasteiger partial charge in [0.15, 0.2) is 5.78 Å². The van der Waals surface area contributed by atoms with Crippen molar-refractivity contribution in [1.29, 1.82) is 0 Å². The topological polar surface area (TPSA) is 109 Å². The molecule has 1 atom stereocenters. The van der Waals surface area contributed by atoms with E-state index in [4.69, 9.17) is 4.74 Å². The number of aromatic carboxylic acids is 1. The summed E-state index contributed by atoms with van der Waals surface area (Å²) in [5.74, 6) is -0.0275. The minimum Gasteiger partial charge on any atom is -0.478 e. The number of benzene rings is 3. The van der Waals surface area contributed by atoms with E-state index in [9.17, 15) is 24.6 Å². The standard InChI is InChI=1S/C32H30N2O6/c1-4-32(39)26-15-27-24-13-19-7-11-28(40-21-8-5-18(6-9-21)31(37)38)25(17-33(2)3)23(19)14-20(24)16-34(27)30(36)22(26)10-12-29(32)35/h5-9,11,13-15,39H,4,10,12,16-17H2,1-3H3,(H,37,38)/t32-/m0/s1. The van der Waals surface area contributed by atoms with Crippen molar-refractivity contribution >= 4 is 22.5 Å². The van der Waals surface area contributed by atoms with E-state index in [1.165, 1.54) is 12.1 Å². The predicted molar refractivity (Wildman–Crippen MR) is 151 cm³/mol. The van der Waals surface area contributed by atoms with Gasteiger partial charge in [-0.2, -0.15) is 0 Å². The Morgan fingerprint density at radius 2 is 1.80 bits per heavy atom. The Morgan fingerprint density at radius 1 is 1.05 bits per heavy atom. The summed E-state index contributed by atoms with van der Waals surface area (Å²) < 4.78 is 7.98. The van der Waals surface area contributed by atoms with Crippen molar-refractivity contribution < 1.29 is 24.5 Å². The number of pyridine rings is 1. The molecule has 2 heterocycles. The second kappa shape index (κ2) is 9.43. The monoisotopic (exact) mass is 538 g/mol. The van der Waals surface area contributed by atoms with Crippen LogP contribution < -0.4 is 10.3 Å². The zero-order valence-corrected chi connectivity index (χ0v) is 22.7. The normalized spacial score (nSPS) is 17.6. The molecular formula is C32H30N2O6. The molecule has 0 fully saturated rings. The van der Waals surface area contributed by atoms with Crippen molar-refractivity contribution in [2.75, 3.05) is 14.1 Å². The van der Waals surface area contributed by atoms with Crippen molar-refractivity contribution in [1.82, 2.24) is 9.47 Å². The maximum atomic E-state index is 13.6. The molecule has 8 heteroatoms. The number of hydrogen-bond donors (Lipinski definition) is 2. The quantitative estimate of drug-likeness (QED) is 0.323. The Morgan fingerprint density at radius 3 is 2.48 bits per heavy atom. The highest BCUT2D eigenvalue weighted by molar-refractivity contribution is 5.95. The molecule has 1 aromatic heterocycles. The van der Waals surface area contributed by atoms with E-state index >= 15 is 0 Å². The average molecular weight is 539 g/mol. The van der Waals surface area contributed by atoms with Crippen LogP contribution in [0.25, 0.3) is 22.0 Å². The van der Waals surface area contributed by atoms with Crippen molar-refractivity contribution in [3.63, 3.8) is 0 Å². The van der Waals surface area contributed by atoms with E-state index in [-0.39, 0.29) is 29.7 Å². The minimum atomic E-state index is -1.63. The Balaban J connectivity index is 1.47. The molecule has 2 aliphatic rings. The molecule has 0 saturated carbocycles. The van der Waals surface area contributed by atoms with E-state index in [1.54, 1.807) is 23.6 Å². The lowest BCUT2D eigenvalue weighted by Gasteiger charge is -2.32. The number of hydrogen-bond acceptors (Lipinski definition) is 6. The number of carbonyl (C=O) groups excluding carboxylic acids is 1. The van der Waals surface area contributed by atoms with Gasteiger partial charge in [0.2, 0.25) is 0 Å². The fourth-order valence-corrected chi connectivity index (χ4v) is 6.03. The number of fused-ring (bicyclic) bond motifs is 5. The van der Waals surface area contributed by atoms with Crippen molar-refractivity contribution in [2.45, 2.75) is 44.9 Å². The first-order chi connectivity index (χ1) is 19.1. The number of nitrogens with zero attached hydrogens (tertiary/aromatic N) is 2. The molecule has 3 aromatic carbocycles. The zero-order chi connectivity index (χ0) is 28.3. The van der Waals surface area contributed by atoms with E-state index in [0.717, 1.165) is 33.2 Å². The second-order valence-corrected chi connectivity index (χ2v) is 10.9. The summed E-state index contributed by atoms with van der Waals surface area (Å²) in [6.45, 7) is 2.78. The first kappa shape index (κ1) is 26.0. The first-order valence-electron chi connectivity index (χ1n) is 13.4. The van der Waals surface area contributed by atoms with Gasteiger partial charge in [0, 0.05) is 35.2 Å². The number of Topliss-reactive ketones (excluding diaryl/α,β-unsaturated/α-hetero) is 1. The molecular weight excluding hydrogens is 508 g/mol. The lowest BCUT2D eigenvalue weighted by molar-refractivity contribution is -0.140. The van der Waals surface area contributed by atoms with Crippen LogP contribution in [-0.4, -0.2) is 45.5 Å². The highest BCUT2D eigenvalue weighted by atomic mass is 16.5. The van der Waals surface area contributed by atoms with E-state index in [2.05, 4.69) is 17.0 Å². The maximum Gasteiger partial charge on any atom is 0.335 e. The summed E-state index contributed by atoms with van der Waals surface area (Å²) in [7, 11) is 3.96. The van der Waals surface area contributed by atoms with Crippen LogP contribution in [0.4, 0.5) is 0 Å². The molecule has 8 nitrogen and oxygen atoms in total. The largest absolute Gasteiger partial charge is 0.478 e. The number of aliphatic hydroxyl groups is 1. The van der Waals surface area contributed by atoms with Crippen molar-refractivity contribution in [2.24, 2.45) is 0 Å². The van der Waals surface area contributed by atoms with Gasteiger partial charge in [0.1, 0.15) is 17.1 Å². The molecule has 2 N–H and O–H groups in total. The molecule has 6 rings (SSSR count). The molecule has 0 amide bonds. The molecule has 1 aliphatic heterocycles. The van der Waals surface area contributed by atoms with Gasteiger partial charge in [-0.3, -0.25) is 9.59 Å². The molecule has 0 saturated heterocycles. The van der Waals surface area contributed by atoms with Crippen LogP contribution in [-0.2, 0) is 29.9 Å². The molecule has 0 unspecified atom stereocenters. The van der Waals surface area contributed by atoms with Crippen LogP contribution in [0, 0.1) is 0 Å². The number of rotatable bonds is 6. The van der Waals surface area contributed by atoms with Crippen LogP contribution in [0.2, 0.25) is 0 Å². The number of ketones is 1. The SMILES string of the molecule is CC[C@@]1(O)C(=O)CCc2c1cc1n(c2=O)Cc2cc3c(CN(C)C)c(Oc4ccc(C(=O)O)cc4)ccc3cc2-1. The van der Waals surface area contributed by atoms with Crippen molar-refractivity contribution in [3.8, 4) is 22.8 Å². The first-order valence-corrected chi connectivity index (χ1v) is 13.4.